The summed E-state index contributed by atoms with van der Waals surface area (Å²) in [7, 11) is 0. The van der Waals surface area contributed by atoms with E-state index in [9.17, 15) is 4.79 Å². The van der Waals surface area contributed by atoms with Crippen LogP contribution in [0.2, 0.25) is 0 Å². The molecule has 0 bridgehead atoms. The number of aromatic nitrogens is 1. The summed E-state index contributed by atoms with van der Waals surface area (Å²) >= 11 is 1.54. The zero-order valence-corrected chi connectivity index (χ0v) is 16.1. The summed E-state index contributed by atoms with van der Waals surface area (Å²) in [6.07, 6.45) is 2.07. The van der Waals surface area contributed by atoms with Gasteiger partial charge in [-0.2, -0.15) is 0 Å². The van der Waals surface area contributed by atoms with Crippen LogP contribution < -0.4 is 9.64 Å². The van der Waals surface area contributed by atoms with Crippen molar-refractivity contribution in [2.75, 3.05) is 24.7 Å². The number of benzene rings is 2. The minimum Gasteiger partial charge on any atom is -0.494 e. The molecule has 6 heteroatoms. The predicted octanol–water partition coefficient (Wildman–Crippen LogP) is 4.52. The van der Waals surface area contributed by atoms with Crippen LogP contribution in [0.5, 0.6) is 5.75 Å². The van der Waals surface area contributed by atoms with Gasteiger partial charge in [-0.05, 0) is 56.2 Å². The van der Waals surface area contributed by atoms with Gasteiger partial charge >= 0.3 is 0 Å². The summed E-state index contributed by atoms with van der Waals surface area (Å²) in [5, 5.41) is 0.714. The predicted molar refractivity (Wildman–Crippen MR) is 108 cm³/mol. The lowest BCUT2D eigenvalue weighted by Crippen LogP contribution is -2.37. The van der Waals surface area contributed by atoms with Crippen LogP contribution in [0.25, 0.3) is 10.2 Å². The maximum absolute atomic E-state index is 13.3. The lowest BCUT2D eigenvalue weighted by molar-refractivity contribution is 0.0917. The Morgan fingerprint density at radius 1 is 1.26 bits per heavy atom. The second-order valence-electron chi connectivity index (χ2n) is 6.47. The fourth-order valence-corrected chi connectivity index (χ4v) is 4.20. The molecular formula is C21H22N2O3S. The zero-order chi connectivity index (χ0) is 18.6. The number of hydrogen-bond acceptors (Lipinski definition) is 5. The van der Waals surface area contributed by atoms with Crippen molar-refractivity contribution < 1.29 is 14.3 Å². The van der Waals surface area contributed by atoms with Crippen molar-refractivity contribution in [3.63, 3.8) is 0 Å². The average Bonchev–Trinajstić information content (AvgIpc) is 3.35. The van der Waals surface area contributed by atoms with Crippen molar-refractivity contribution in [2.45, 2.75) is 25.9 Å². The number of rotatable bonds is 6. The van der Waals surface area contributed by atoms with E-state index >= 15 is 0 Å². The molecule has 0 spiro atoms. The highest BCUT2D eigenvalue weighted by Crippen LogP contribution is 2.31. The molecule has 1 aliphatic heterocycles. The topological polar surface area (TPSA) is 51.7 Å². The molecule has 0 saturated carbocycles. The molecule has 1 amide bonds. The molecule has 4 rings (SSSR count). The lowest BCUT2D eigenvalue weighted by atomic mass is 10.1. The molecule has 1 saturated heterocycles. The van der Waals surface area contributed by atoms with Crippen LogP contribution in [0.1, 0.15) is 30.1 Å². The van der Waals surface area contributed by atoms with Gasteiger partial charge in [0, 0.05) is 12.2 Å². The number of anilines is 1. The van der Waals surface area contributed by atoms with Crippen molar-refractivity contribution in [1.82, 2.24) is 4.98 Å². The Morgan fingerprint density at radius 3 is 2.78 bits per heavy atom. The highest BCUT2D eigenvalue weighted by Gasteiger charge is 2.27. The molecule has 5 nitrogen and oxygen atoms in total. The van der Waals surface area contributed by atoms with Crippen molar-refractivity contribution >= 4 is 32.6 Å². The van der Waals surface area contributed by atoms with Gasteiger partial charge in [0.2, 0.25) is 0 Å². The molecule has 27 heavy (non-hydrogen) atoms. The SMILES string of the molecule is CCOc1ccc(C(=O)N(CC2CCCO2)c2nc3ccccc3s2)cc1. The summed E-state index contributed by atoms with van der Waals surface area (Å²) in [5.74, 6) is 0.701. The quantitative estimate of drug-likeness (QED) is 0.629. The second-order valence-corrected chi connectivity index (χ2v) is 7.48. The van der Waals surface area contributed by atoms with Crippen molar-refractivity contribution in [3.8, 4) is 5.75 Å². The van der Waals surface area contributed by atoms with Crippen LogP contribution in [0.4, 0.5) is 5.13 Å². The first-order valence-corrected chi connectivity index (χ1v) is 10.1. The van der Waals surface area contributed by atoms with E-state index in [0.717, 1.165) is 35.4 Å². The van der Waals surface area contributed by atoms with Crippen LogP contribution >= 0.6 is 11.3 Å². The van der Waals surface area contributed by atoms with Crippen LogP contribution in [0.15, 0.2) is 48.5 Å². The molecule has 0 aliphatic carbocycles. The molecule has 1 aliphatic rings. The fraction of sp³-hybridized carbons (Fsp3) is 0.333. The molecule has 140 valence electrons. The van der Waals surface area contributed by atoms with Crippen LogP contribution in [0, 0.1) is 0 Å². The molecule has 1 fully saturated rings. The van der Waals surface area contributed by atoms with Gasteiger partial charge < -0.3 is 9.47 Å². The highest BCUT2D eigenvalue weighted by atomic mass is 32.1. The van der Waals surface area contributed by atoms with Gasteiger partial charge in [0.25, 0.3) is 5.91 Å². The van der Waals surface area contributed by atoms with Gasteiger partial charge in [-0.3, -0.25) is 9.69 Å². The Bertz CT molecular complexity index is 884. The van der Waals surface area contributed by atoms with E-state index in [1.54, 1.807) is 4.90 Å². The van der Waals surface area contributed by atoms with Gasteiger partial charge in [-0.1, -0.05) is 23.5 Å². The number of hydrogen-bond donors (Lipinski definition) is 0. The molecule has 2 aromatic carbocycles. The van der Waals surface area contributed by atoms with E-state index in [-0.39, 0.29) is 12.0 Å². The first-order valence-electron chi connectivity index (χ1n) is 9.26. The zero-order valence-electron chi connectivity index (χ0n) is 15.3. The van der Waals surface area contributed by atoms with E-state index in [4.69, 9.17) is 14.5 Å². The van der Waals surface area contributed by atoms with Gasteiger partial charge in [-0.25, -0.2) is 4.98 Å². The number of para-hydroxylation sites is 1. The first kappa shape index (κ1) is 17.9. The normalized spacial score (nSPS) is 16.6. The average molecular weight is 382 g/mol. The number of ether oxygens (including phenoxy) is 2. The molecule has 3 aromatic rings. The Morgan fingerprint density at radius 2 is 2.07 bits per heavy atom. The third-order valence-electron chi connectivity index (χ3n) is 4.58. The summed E-state index contributed by atoms with van der Waals surface area (Å²) in [4.78, 5) is 19.7. The molecular weight excluding hydrogens is 360 g/mol. The van der Waals surface area contributed by atoms with E-state index in [1.165, 1.54) is 11.3 Å². The van der Waals surface area contributed by atoms with E-state index < -0.39 is 0 Å². The maximum Gasteiger partial charge on any atom is 0.260 e. The number of nitrogens with zero attached hydrogens (tertiary/aromatic N) is 2. The summed E-state index contributed by atoms with van der Waals surface area (Å²) in [6, 6.07) is 15.2. The van der Waals surface area contributed by atoms with E-state index in [1.807, 2.05) is 55.5 Å². The highest BCUT2D eigenvalue weighted by molar-refractivity contribution is 7.22. The monoisotopic (exact) mass is 382 g/mol. The van der Waals surface area contributed by atoms with Gasteiger partial charge in [-0.15, -0.1) is 0 Å². The summed E-state index contributed by atoms with van der Waals surface area (Å²) in [5.41, 5.74) is 1.53. The molecule has 1 aromatic heterocycles. The number of carbonyl (C=O) groups excluding carboxylic acids is 1. The van der Waals surface area contributed by atoms with Crippen molar-refractivity contribution in [2.24, 2.45) is 0 Å². The second kappa shape index (κ2) is 8.06. The Balaban J connectivity index is 1.64. The van der Waals surface area contributed by atoms with Crippen molar-refractivity contribution in [1.29, 1.82) is 0 Å². The summed E-state index contributed by atoms with van der Waals surface area (Å²) in [6.45, 7) is 3.82. The van der Waals surface area contributed by atoms with Crippen LogP contribution in [-0.4, -0.2) is 36.8 Å². The van der Waals surface area contributed by atoms with Crippen LogP contribution in [-0.2, 0) is 4.74 Å². The van der Waals surface area contributed by atoms with E-state index in [2.05, 4.69) is 0 Å². The minimum atomic E-state index is -0.0624. The third-order valence-corrected chi connectivity index (χ3v) is 5.64. The Labute approximate surface area is 162 Å². The fourth-order valence-electron chi connectivity index (χ4n) is 3.23. The van der Waals surface area contributed by atoms with Gasteiger partial charge in [0.1, 0.15) is 5.75 Å². The Hall–Kier alpha value is -2.44. The molecule has 2 heterocycles. The first-order chi connectivity index (χ1) is 13.2. The number of amides is 1. The number of fused-ring (bicyclic) bond motifs is 1. The summed E-state index contributed by atoms with van der Waals surface area (Å²) < 4.78 is 12.3. The minimum absolute atomic E-state index is 0.0589. The largest absolute Gasteiger partial charge is 0.494 e. The van der Waals surface area contributed by atoms with Gasteiger partial charge in [0.15, 0.2) is 5.13 Å². The smallest absolute Gasteiger partial charge is 0.260 e. The third kappa shape index (κ3) is 3.96. The molecule has 0 N–H and O–H groups in total. The van der Waals surface area contributed by atoms with Crippen molar-refractivity contribution in [3.05, 3.63) is 54.1 Å². The van der Waals surface area contributed by atoms with E-state index in [0.29, 0.717) is 23.8 Å². The standard InChI is InChI=1S/C21H22N2O3S/c1-2-25-16-11-9-15(10-12-16)20(24)23(14-17-6-5-13-26-17)21-22-18-7-3-4-8-19(18)27-21/h3-4,7-12,17H,2,5-6,13-14H2,1H3. The number of carbonyl (C=O) groups is 1. The van der Waals surface area contributed by atoms with Crippen LogP contribution in [0.3, 0.4) is 0 Å². The molecule has 0 radical (unpaired) electrons. The lowest BCUT2D eigenvalue weighted by Gasteiger charge is -2.23. The maximum atomic E-state index is 13.3. The van der Waals surface area contributed by atoms with Gasteiger partial charge in [0.05, 0.1) is 29.5 Å². The number of thiazole rings is 1. The molecule has 1 atom stereocenters. The Kier molecular flexibility index (Phi) is 5.36. The molecule has 1 unspecified atom stereocenters.